The number of carbonyl (C=O) groups excluding carboxylic acids is 1. The number of hydrogen-bond donors (Lipinski definition) is 0. The summed E-state index contributed by atoms with van der Waals surface area (Å²) in [6.45, 7) is 6.40. The Morgan fingerprint density at radius 1 is 1.36 bits per heavy atom. The maximum atomic E-state index is 11.4. The Bertz CT molecular complexity index is 220. The fourth-order valence-electron chi connectivity index (χ4n) is 2.85. The third-order valence-corrected chi connectivity index (χ3v) is 4.04. The molecule has 0 atom stereocenters. The van der Waals surface area contributed by atoms with Crippen LogP contribution in [0.25, 0.3) is 0 Å². The predicted octanol–water partition coefficient (Wildman–Crippen LogP) is 2.44. The molecule has 2 nitrogen and oxygen atoms in total. The average molecular weight is 195 g/mol. The van der Waals surface area contributed by atoms with Gasteiger partial charge in [0.1, 0.15) is 0 Å². The molecule has 0 unspecified atom stereocenters. The summed E-state index contributed by atoms with van der Waals surface area (Å²) in [6, 6.07) is 0. The number of nitrogens with zero attached hydrogens (tertiary/aromatic N) is 1. The van der Waals surface area contributed by atoms with Gasteiger partial charge in [0, 0.05) is 24.9 Å². The van der Waals surface area contributed by atoms with Crippen LogP contribution < -0.4 is 0 Å². The van der Waals surface area contributed by atoms with Crippen LogP contribution in [0.1, 0.15) is 46.0 Å². The van der Waals surface area contributed by atoms with Gasteiger partial charge in [0.05, 0.1) is 0 Å². The zero-order chi connectivity index (χ0) is 10.2. The van der Waals surface area contributed by atoms with Crippen molar-refractivity contribution in [3.05, 3.63) is 0 Å². The predicted molar refractivity (Wildman–Crippen MR) is 56.9 cm³/mol. The van der Waals surface area contributed by atoms with Gasteiger partial charge in [0.15, 0.2) is 0 Å². The van der Waals surface area contributed by atoms with Gasteiger partial charge in [-0.25, -0.2) is 0 Å². The van der Waals surface area contributed by atoms with Gasteiger partial charge in [0.25, 0.3) is 0 Å². The summed E-state index contributed by atoms with van der Waals surface area (Å²) in [5.74, 6) is 1.26. The lowest BCUT2D eigenvalue weighted by Crippen LogP contribution is -2.59. The van der Waals surface area contributed by atoms with E-state index in [0.29, 0.717) is 17.7 Å². The van der Waals surface area contributed by atoms with E-state index in [2.05, 4.69) is 6.92 Å². The quantitative estimate of drug-likeness (QED) is 0.629. The molecule has 0 aromatic carbocycles. The highest BCUT2D eigenvalue weighted by Crippen LogP contribution is 2.45. The fourth-order valence-corrected chi connectivity index (χ4v) is 2.85. The molecule has 1 heterocycles. The maximum Gasteiger partial charge on any atom is 0.222 e. The SMILES string of the molecule is CCC(=O)N1CC2(CCC(C)CC2)C1. The molecule has 1 spiro atoms. The van der Waals surface area contributed by atoms with Crippen LogP contribution in [0.15, 0.2) is 0 Å². The van der Waals surface area contributed by atoms with Gasteiger partial charge in [0.2, 0.25) is 5.91 Å². The van der Waals surface area contributed by atoms with Crippen molar-refractivity contribution in [1.29, 1.82) is 0 Å². The van der Waals surface area contributed by atoms with Crippen LogP contribution in [0, 0.1) is 11.3 Å². The first-order valence-electron chi connectivity index (χ1n) is 5.93. The zero-order valence-corrected chi connectivity index (χ0v) is 9.38. The second-order valence-electron chi connectivity index (χ2n) is 5.29. The second-order valence-corrected chi connectivity index (χ2v) is 5.29. The Labute approximate surface area is 86.7 Å². The number of likely N-dealkylation sites (tertiary alicyclic amines) is 1. The first kappa shape index (κ1) is 10.0. The third-order valence-electron chi connectivity index (χ3n) is 4.04. The first-order valence-corrected chi connectivity index (χ1v) is 5.93. The van der Waals surface area contributed by atoms with E-state index in [1.165, 1.54) is 25.7 Å². The van der Waals surface area contributed by atoms with Gasteiger partial charge in [-0.05, 0) is 18.8 Å². The molecular weight excluding hydrogens is 174 g/mol. The Hall–Kier alpha value is -0.530. The molecule has 1 aliphatic carbocycles. The van der Waals surface area contributed by atoms with Crippen molar-refractivity contribution in [2.24, 2.45) is 11.3 Å². The molecule has 2 aliphatic rings. The average Bonchev–Trinajstić information content (AvgIpc) is 2.15. The van der Waals surface area contributed by atoms with Crippen molar-refractivity contribution in [2.45, 2.75) is 46.0 Å². The molecule has 0 radical (unpaired) electrons. The summed E-state index contributed by atoms with van der Waals surface area (Å²) < 4.78 is 0. The van der Waals surface area contributed by atoms with Gasteiger partial charge < -0.3 is 4.90 Å². The molecule has 2 rings (SSSR count). The van der Waals surface area contributed by atoms with Gasteiger partial charge in [-0.15, -0.1) is 0 Å². The van der Waals surface area contributed by atoms with E-state index in [0.717, 1.165) is 19.0 Å². The van der Waals surface area contributed by atoms with E-state index in [1.54, 1.807) is 0 Å². The molecule has 1 saturated carbocycles. The van der Waals surface area contributed by atoms with E-state index < -0.39 is 0 Å². The van der Waals surface area contributed by atoms with Crippen molar-refractivity contribution in [3.63, 3.8) is 0 Å². The number of hydrogen-bond acceptors (Lipinski definition) is 1. The second kappa shape index (κ2) is 3.56. The van der Waals surface area contributed by atoms with Gasteiger partial charge >= 0.3 is 0 Å². The van der Waals surface area contributed by atoms with Crippen LogP contribution in [0.4, 0.5) is 0 Å². The maximum absolute atomic E-state index is 11.4. The molecule has 14 heavy (non-hydrogen) atoms. The lowest BCUT2D eigenvalue weighted by Gasteiger charge is -2.53. The Balaban J connectivity index is 1.83. The Morgan fingerprint density at radius 2 is 1.93 bits per heavy atom. The summed E-state index contributed by atoms with van der Waals surface area (Å²) in [6.07, 6.45) is 6.11. The molecule has 1 saturated heterocycles. The minimum absolute atomic E-state index is 0.342. The molecule has 0 aromatic rings. The highest BCUT2D eigenvalue weighted by atomic mass is 16.2. The minimum atomic E-state index is 0.342. The molecule has 0 N–H and O–H groups in total. The van der Waals surface area contributed by atoms with Crippen LogP contribution in [-0.4, -0.2) is 23.9 Å². The van der Waals surface area contributed by atoms with E-state index in [4.69, 9.17) is 0 Å². The molecule has 1 aliphatic heterocycles. The monoisotopic (exact) mass is 195 g/mol. The molecule has 0 aromatic heterocycles. The molecule has 80 valence electrons. The summed E-state index contributed by atoms with van der Waals surface area (Å²) in [5.41, 5.74) is 0.539. The largest absolute Gasteiger partial charge is 0.341 e. The van der Waals surface area contributed by atoms with E-state index in [1.807, 2.05) is 11.8 Å². The summed E-state index contributed by atoms with van der Waals surface area (Å²) in [4.78, 5) is 13.4. The Kier molecular flexibility index (Phi) is 2.54. The number of amides is 1. The van der Waals surface area contributed by atoms with Crippen molar-refractivity contribution in [1.82, 2.24) is 4.90 Å². The van der Waals surface area contributed by atoms with Crippen molar-refractivity contribution >= 4 is 5.91 Å². The van der Waals surface area contributed by atoms with Crippen molar-refractivity contribution in [2.75, 3.05) is 13.1 Å². The lowest BCUT2D eigenvalue weighted by atomic mass is 9.66. The van der Waals surface area contributed by atoms with Crippen LogP contribution in [0.5, 0.6) is 0 Å². The zero-order valence-electron chi connectivity index (χ0n) is 9.38. The third kappa shape index (κ3) is 1.67. The van der Waals surface area contributed by atoms with Gasteiger partial charge in [-0.3, -0.25) is 4.79 Å². The normalized spacial score (nSPS) is 26.3. The summed E-state index contributed by atoms with van der Waals surface area (Å²) in [5, 5.41) is 0. The first-order chi connectivity index (χ1) is 6.65. The summed E-state index contributed by atoms with van der Waals surface area (Å²) >= 11 is 0. The standard InChI is InChI=1S/C12H21NO/c1-3-11(14)13-8-12(9-13)6-4-10(2)5-7-12/h10H,3-9H2,1-2H3. The Morgan fingerprint density at radius 3 is 2.43 bits per heavy atom. The highest BCUT2D eigenvalue weighted by molar-refractivity contribution is 5.76. The fraction of sp³-hybridized carbons (Fsp3) is 0.917. The molecule has 1 amide bonds. The van der Waals surface area contributed by atoms with Crippen LogP contribution in [0.2, 0.25) is 0 Å². The van der Waals surface area contributed by atoms with Crippen molar-refractivity contribution in [3.8, 4) is 0 Å². The number of carbonyl (C=O) groups is 1. The highest BCUT2D eigenvalue weighted by Gasteiger charge is 2.45. The smallest absolute Gasteiger partial charge is 0.222 e. The minimum Gasteiger partial charge on any atom is -0.341 e. The van der Waals surface area contributed by atoms with E-state index in [-0.39, 0.29) is 0 Å². The van der Waals surface area contributed by atoms with Gasteiger partial charge in [-0.2, -0.15) is 0 Å². The van der Waals surface area contributed by atoms with Crippen LogP contribution >= 0.6 is 0 Å². The molecular formula is C12H21NO. The van der Waals surface area contributed by atoms with Crippen LogP contribution in [0.3, 0.4) is 0 Å². The molecule has 0 bridgehead atoms. The molecule has 2 fully saturated rings. The number of rotatable bonds is 1. The van der Waals surface area contributed by atoms with Crippen molar-refractivity contribution < 1.29 is 4.79 Å². The van der Waals surface area contributed by atoms with E-state index >= 15 is 0 Å². The molecule has 2 heteroatoms. The summed E-state index contributed by atoms with van der Waals surface area (Å²) in [7, 11) is 0. The van der Waals surface area contributed by atoms with Gasteiger partial charge in [-0.1, -0.05) is 26.7 Å². The van der Waals surface area contributed by atoms with E-state index in [9.17, 15) is 4.79 Å². The topological polar surface area (TPSA) is 20.3 Å². The van der Waals surface area contributed by atoms with Crippen LogP contribution in [-0.2, 0) is 4.79 Å². The lowest BCUT2D eigenvalue weighted by molar-refractivity contribution is -0.145.